The number of aliphatic hydroxyl groups excluding tert-OH is 1. The number of aromatic nitrogens is 2. The Labute approximate surface area is 153 Å². The SMILES string of the molecule is O[C@H](CN1CCN(c2ncccn2)CC1)c1ccc2c(c1)OCCCO2. The molecule has 2 aliphatic rings. The maximum atomic E-state index is 10.7. The number of piperazine rings is 1. The van der Waals surface area contributed by atoms with Crippen LogP contribution in [0.5, 0.6) is 11.5 Å². The summed E-state index contributed by atoms with van der Waals surface area (Å²) in [6.07, 6.45) is 3.86. The van der Waals surface area contributed by atoms with Crippen LogP contribution in [-0.4, -0.2) is 65.9 Å². The first kappa shape index (κ1) is 17.1. The highest BCUT2D eigenvalue weighted by molar-refractivity contribution is 5.44. The summed E-state index contributed by atoms with van der Waals surface area (Å²) in [5.41, 5.74) is 0.864. The lowest BCUT2D eigenvalue weighted by Crippen LogP contribution is -2.48. The second-order valence-corrected chi connectivity index (χ2v) is 6.61. The fourth-order valence-electron chi connectivity index (χ4n) is 3.32. The summed E-state index contributed by atoms with van der Waals surface area (Å²) in [6.45, 7) is 5.39. The van der Waals surface area contributed by atoms with Gasteiger partial charge in [-0.15, -0.1) is 0 Å². The van der Waals surface area contributed by atoms with Crippen molar-refractivity contribution in [2.24, 2.45) is 0 Å². The Bertz CT molecular complexity index is 720. The number of ether oxygens (including phenoxy) is 2. The standard InChI is InChI=1S/C19H24N4O3/c24-16(15-3-4-17-18(13-15)26-12-2-11-25-17)14-22-7-9-23(10-8-22)19-20-5-1-6-21-19/h1,3-6,13,16,24H,2,7-12,14H2/t16-/m1/s1. The second kappa shape index (κ2) is 7.88. The molecule has 0 spiro atoms. The van der Waals surface area contributed by atoms with Crippen LogP contribution in [0.25, 0.3) is 0 Å². The van der Waals surface area contributed by atoms with Crippen molar-refractivity contribution in [3.8, 4) is 11.5 Å². The Morgan fingerprint density at radius 3 is 2.50 bits per heavy atom. The third-order valence-electron chi connectivity index (χ3n) is 4.79. The zero-order chi connectivity index (χ0) is 17.8. The van der Waals surface area contributed by atoms with Gasteiger partial charge < -0.3 is 19.5 Å². The minimum absolute atomic E-state index is 0.549. The van der Waals surface area contributed by atoms with E-state index in [0.29, 0.717) is 19.8 Å². The minimum atomic E-state index is -0.549. The van der Waals surface area contributed by atoms with Crippen molar-refractivity contribution < 1.29 is 14.6 Å². The van der Waals surface area contributed by atoms with E-state index in [-0.39, 0.29) is 0 Å². The minimum Gasteiger partial charge on any atom is -0.490 e. The number of rotatable bonds is 4. The number of β-amino-alcohol motifs (C(OH)–C–C–N with tert-alkyl or cyclic N) is 1. The lowest BCUT2D eigenvalue weighted by molar-refractivity contribution is 0.109. The van der Waals surface area contributed by atoms with E-state index in [1.807, 2.05) is 24.3 Å². The van der Waals surface area contributed by atoms with Crippen molar-refractivity contribution in [1.29, 1.82) is 0 Å². The van der Waals surface area contributed by atoms with Gasteiger partial charge in [0.25, 0.3) is 0 Å². The van der Waals surface area contributed by atoms with E-state index in [4.69, 9.17) is 9.47 Å². The molecule has 26 heavy (non-hydrogen) atoms. The summed E-state index contributed by atoms with van der Waals surface area (Å²) in [4.78, 5) is 13.1. The number of fused-ring (bicyclic) bond motifs is 1. The average molecular weight is 356 g/mol. The first-order chi connectivity index (χ1) is 12.8. The molecule has 2 aromatic rings. The van der Waals surface area contributed by atoms with Crippen LogP contribution in [0.2, 0.25) is 0 Å². The van der Waals surface area contributed by atoms with Gasteiger partial charge in [0.1, 0.15) is 0 Å². The maximum absolute atomic E-state index is 10.7. The van der Waals surface area contributed by atoms with Crippen LogP contribution in [0.3, 0.4) is 0 Å². The fraction of sp³-hybridized carbons (Fsp3) is 0.474. The Kier molecular flexibility index (Phi) is 5.17. The molecule has 3 heterocycles. The van der Waals surface area contributed by atoms with Gasteiger partial charge in [0.15, 0.2) is 11.5 Å². The van der Waals surface area contributed by atoms with E-state index in [0.717, 1.165) is 55.6 Å². The predicted molar refractivity (Wildman–Crippen MR) is 97.7 cm³/mol. The number of hydrogen-bond donors (Lipinski definition) is 1. The highest BCUT2D eigenvalue weighted by atomic mass is 16.5. The smallest absolute Gasteiger partial charge is 0.225 e. The van der Waals surface area contributed by atoms with E-state index in [1.54, 1.807) is 12.4 Å². The van der Waals surface area contributed by atoms with Crippen molar-refractivity contribution in [2.45, 2.75) is 12.5 Å². The Balaban J connectivity index is 1.34. The second-order valence-electron chi connectivity index (χ2n) is 6.61. The van der Waals surface area contributed by atoms with Crippen LogP contribution < -0.4 is 14.4 Å². The molecule has 1 saturated heterocycles. The summed E-state index contributed by atoms with van der Waals surface area (Å²) in [6, 6.07) is 7.54. The van der Waals surface area contributed by atoms with Crippen LogP contribution in [0.15, 0.2) is 36.7 Å². The highest BCUT2D eigenvalue weighted by Gasteiger charge is 2.22. The van der Waals surface area contributed by atoms with Crippen LogP contribution in [0, 0.1) is 0 Å². The molecule has 0 aliphatic carbocycles. The van der Waals surface area contributed by atoms with Gasteiger partial charge in [-0.25, -0.2) is 9.97 Å². The molecule has 1 N–H and O–H groups in total. The molecule has 0 unspecified atom stereocenters. The van der Waals surface area contributed by atoms with Gasteiger partial charge in [0.2, 0.25) is 5.95 Å². The molecule has 1 aromatic carbocycles. The van der Waals surface area contributed by atoms with E-state index >= 15 is 0 Å². The summed E-state index contributed by atoms with van der Waals surface area (Å²) < 4.78 is 11.4. The number of aliphatic hydroxyl groups is 1. The van der Waals surface area contributed by atoms with Crippen LogP contribution in [-0.2, 0) is 0 Å². The zero-order valence-electron chi connectivity index (χ0n) is 14.8. The molecule has 7 nitrogen and oxygen atoms in total. The van der Waals surface area contributed by atoms with Gasteiger partial charge in [0, 0.05) is 51.5 Å². The molecule has 138 valence electrons. The highest BCUT2D eigenvalue weighted by Crippen LogP contribution is 2.32. The fourth-order valence-corrected chi connectivity index (χ4v) is 3.32. The van der Waals surface area contributed by atoms with Crippen molar-refractivity contribution in [3.63, 3.8) is 0 Å². The topological polar surface area (TPSA) is 71.0 Å². The van der Waals surface area contributed by atoms with Gasteiger partial charge in [-0.3, -0.25) is 4.90 Å². The summed E-state index contributed by atoms with van der Waals surface area (Å²) in [7, 11) is 0. The zero-order valence-corrected chi connectivity index (χ0v) is 14.8. The molecular weight excluding hydrogens is 332 g/mol. The quantitative estimate of drug-likeness (QED) is 0.890. The molecule has 0 amide bonds. The third kappa shape index (κ3) is 3.89. The molecule has 7 heteroatoms. The lowest BCUT2D eigenvalue weighted by atomic mass is 10.1. The van der Waals surface area contributed by atoms with Gasteiger partial charge in [-0.05, 0) is 23.8 Å². The average Bonchev–Trinajstić information content (AvgIpc) is 2.94. The molecule has 0 radical (unpaired) electrons. The van der Waals surface area contributed by atoms with Crippen molar-refractivity contribution in [2.75, 3.05) is 50.8 Å². The molecule has 1 atom stereocenters. The van der Waals surface area contributed by atoms with E-state index in [1.165, 1.54) is 0 Å². The molecule has 1 aromatic heterocycles. The molecule has 0 bridgehead atoms. The summed E-state index contributed by atoms with van der Waals surface area (Å²) >= 11 is 0. The van der Waals surface area contributed by atoms with Gasteiger partial charge in [0.05, 0.1) is 19.3 Å². The molecule has 4 rings (SSSR count). The normalized spacial score (nSPS) is 19.0. The van der Waals surface area contributed by atoms with E-state index in [2.05, 4.69) is 19.8 Å². The van der Waals surface area contributed by atoms with Crippen LogP contribution in [0.4, 0.5) is 5.95 Å². The summed E-state index contributed by atoms with van der Waals surface area (Å²) in [5.74, 6) is 2.26. The molecule has 2 aliphatic heterocycles. The van der Waals surface area contributed by atoms with Crippen molar-refractivity contribution >= 4 is 5.95 Å². The molecule has 0 saturated carbocycles. The van der Waals surface area contributed by atoms with Gasteiger partial charge in [-0.1, -0.05) is 6.07 Å². The van der Waals surface area contributed by atoms with Crippen molar-refractivity contribution in [1.82, 2.24) is 14.9 Å². The van der Waals surface area contributed by atoms with Gasteiger partial charge >= 0.3 is 0 Å². The summed E-state index contributed by atoms with van der Waals surface area (Å²) in [5, 5.41) is 10.7. The van der Waals surface area contributed by atoms with E-state index < -0.39 is 6.10 Å². The number of hydrogen-bond acceptors (Lipinski definition) is 7. The largest absolute Gasteiger partial charge is 0.490 e. The molecule has 1 fully saturated rings. The number of anilines is 1. The molecular formula is C19H24N4O3. The van der Waals surface area contributed by atoms with Gasteiger partial charge in [-0.2, -0.15) is 0 Å². The lowest BCUT2D eigenvalue weighted by Gasteiger charge is -2.35. The Morgan fingerprint density at radius 1 is 1.00 bits per heavy atom. The van der Waals surface area contributed by atoms with Crippen molar-refractivity contribution in [3.05, 3.63) is 42.2 Å². The van der Waals surface area contributed by atoms with Crippen LogP contribution in [0.1, 0.15) is 18.1 Å². The predicted octanol–water partition coefficient (Wildman–Crippen LogP) is 1.49. The maximum Gasteiger partial charge on any atom is 0.225 e. The first-order valence-electron chi connectivity index (χ1n) is 9.11. The number of benzene rings is 1. The van der Waals surface area contributed by atoms with E-state index in [9.17, 15) is 5.11 Å². The Hall–Kier alpha value is -2.38. The monoisotopic (exact) mass is 356 g/mol. The van der Waals surface area contributed by atoms with Crippen LogP contribution >= 0.6 is 0 Å². The third-order valence-corrected chi connectivity index (χ3v) is 4.79. The Morgan fingerprint density at radius 2 is 1.73 bits per heavy atom. The number of nitrogens with zero attached hydrogens (tertiary/aromatic N) is 4. The first-order valence-corrected chi connectivity index (χ1v) is 9.11.